The molecule has 6 heteroatoms. The van der Waals surface area contributed by atoms with Crippen LogP contribution in [0.5, 0.6) is 0 Å². The first kappa shape index (κ1) is 16.7. The van der Waals surface area contributed by atoms with Crippen molar-refractivity contribution in [3.63, 3.8) is 0 Å². The Kier molecular flexibility index (Phi) is 4.48. The molecule has 0 bridgehead atoms. The van der Waals surface area contributed by atoms with Crippen molar-refractivity contribution in [3.8, 4) is 6.07 Å². The molecule has 4 N–H and O–H groups in total. The molecule has 0 amide bonds. The third-order valence-corrected chi connectivity index (χ3v) is 4.12. The second-order valence-electron chi connectivity index (χ2n) is 5.93. The molecular weight excluding hydrogens is 314 g/mol. The van der Waals surface area contributed by atoms with Gasteiger partial charge in [0.1, 0.15) is 11.6 Å². The summed E-state index contributed by atoms with van der Waals surface area (Å²) in [5.41, 5.74) is 15.4. The normalized spacial score (nSPS) is 15.2. The van der Waals surface area contributed by atoms with Gasteiger partial charge in [0.15, 0.2) is 0 Å². The molecule has 1 heterocycles. The first-order valence-corrected chi connectivity index (χ1v) is 8.22. The SMILES string of the molecule is C=C(OCC)/C(N)=C/C(=C\N)c1nc2ccc(C#N)cc2n1C1CC1. The van der Waals surface area contributed by atoms with Crippen molar-refractivity contribution >= 4 is 16.6 Å². The molecule has 1 aromatic heterocycles. The van der Waals surface area contributed by atoms with Crippen LogP contribution in [-0.2, 0) is 4.74 Å². The number of nitrogens with zero attached hydrogens (tertiary/aromatic N) is 3. The number of hydrogen-bond donors (Lipinski definition) is 2. The number of fused-ring (bicyclic) bond motifs is 1. The van der Waals surface area contributed by atoms with Crippen molar-refractivity contribution in [2.24, 2.45) is 11.5 Å². The van der Waals surface area contributed by atoms with Crippen molar-refractivity contribution in [1.82, 2.24) is 9.55 Å². The fourth-order valence-electron chi connectivity index (χ4n) is 2.76. The van der Waals surface area contributed by atoms with Gasteiger partial charge in [-0.2, -0.15) is 5.26 Å². The molecule has 0 spiro atoms. The van der Waals surface area contributed by atoms with Crippen LogP contribution >= 0.6 is 0 Å². The molecule has 0 unspecified atom stereocenters. The Bertz CT molecular complexity index is 925. The Labute approximate surface area is 146 Å². The molecule has 0 radical (unpaired) electrons. The predicted molar refractivity (Wildman–Crippen MR) is 97.9 cm³/mol. The Morgan fingerprint density at radius 1 is 1.52 bits per heavy atom. The minimum absolute atomic E-state index is 0.369. The number of nitriles is 1. The van der Waals surface area contributed by atoms with Gasteiger partial charge in [-0.05, 0) is 44.0 Å². The summed E-state index contributed by atoms with van der Waals surface area (Å²) in [5, 5.41) is 9.17. The molecular formula is C19H21N5O. The van der Waals surface area contributed by atoms with Crippen molar-refractivity contribution < 1.29 is 4.74 Å². The van der Waals surface area contributed by atoms with Gasteiger partial charge in [0, 0.05) is 17.8 Å². The van der Waals surface area contributed by atoms with Crippen LogP contribution in [0.4, 0.5) is 0 Å². The Hall–Kier alpha value is -3.20. The highest BCUT2D eigenvalue weighted by molar-refractivity contribution is 5.83. The van der Waals surface area contributed by atoms with Gasteiger partial charge < -0.3 is 20.8 Å². The van der Waals surface area contributed by atoms with E-state index in [2.05, 4.69) is 17.2 Å². The van der Waals surface area contributed by atoms with Gasteiger partial charge in [-0.3, -0.25) is 0 Å². The molecule has 0 saturated heterocycles. The number of allylic oxidation sites excluding steroid dienone is 2. The molecule has 6 nitrogen and oxygen atoms in total. The van der Waals surface area contributed by atoms with Gasteiger partial charge >= 0.3 is 0 Å². The molecule has 3 rings (SSSR count). The number of ether oxygens (including phenoxy) is 1. The maximum atomic E-state index is 9.17. The highest BCUT2D eigenvalue weighted by Crippen LogP contribution is 2.40. The molecule has 1 aliphatic rings. The first-order valence-electron chi connectivity index (χ1n) is 8.22. The first-order chi connectivity index (χ1) is 12.1. The number of rotatable bonds is 6. The largest absolute Gasteiger partial charge is 0.492 e. The second kappa shape index (κ2) is 6.73. The molecule has 25 heavy (non-hydrogen) atoms. The van der Waals surface area contributed by atoms with E-state index in [4.69, 9.17) is 21.2 Å². The van der Waals surface area contributed by atoms with E-state index in [9.17, 15) is 5.26 Å². The summed E-state index contributed by atoms with van der Waals surface area (Å²) in [6.45, 7) is 6.18. The quantitative estimate of drug-likeness (QED) is 0.624. The summed E-state index contributed by atoms with van der Waals surface area (Å²) < 4.78 is 7.49. The second-order valence-corrected chi connectivity index (χ2v) is 5.93. The van der Waals surface area contributed by atoms with Crippen LogP contribution in [0.3, 0.4) is 0 Å². The maximum Gasteiger partial charge on any atom is 0.142 e. The van der Waals surface area contributed by atoms with Crippen molar-refractivity contribution in [3.05, 3.63) is 59.9 Å². The highest BCUT2D eigenvalue weighted by atomic mass is 16.5. The van der Waals surface area contributed by atoms with Gasteiger partial charge in [0.25, 0.3) is 0 Å². The lowest BCUT2D eigenvalue weighted by Gasteiger charge is -2.10. The lowest BCUT2D eigenvalue weighted by Crippen LogP contribution is -2.07. The zero-order chi connectivity index (χ0) is 18.0. The molecule has 2 aromatic rings. The molecule has 128 valence electrons. The fraction of sp³-hybridized carbons (Fsp3) is 0.263. The average molecular weight is 335 g/mol. The van der Waals surface area contributed by atoms with Gasteiger partial charge in [-0.15, -0.1) is 0 Å². The number of imidazole rings is 1. The van der Waals surface area contributed by atoms with Gasteiger partial charge in [-0.25, -0.2) is 4.98 Å². The zero-order valence-corrected chi connectivity index (χ0v) is 14.2. The lowest BCUT2D eigenvalue weighted by atomic mass is 10.2. The molecule has 1 aromatic carbocycles. The molecule has 1 aliphatic carbocycles. The van der Waals surface area contributed by atoms with Crippen LogP contribution in [-0.4, -0.2) is 16.2 Å². The van der Waals surface area contributed by atoms with Crippen LogP contribution < -0.4 is 11.5 Å². The Morgan fingerprint density at radius 3 is 2.88 bits per heavy atom. The van der Waals surface area contributed by atoms with Crippen LogP contribution in [0, 0.1) is 11.3 Å². The van der Waals surface area contributed by atoms with E-state index in [1.165, 1.54) is 6.20 Å². The number of nitrogens with two attached hydrogens (primary N) is 2. The van der Waals surface area contributed by atoms with Crippen LogP contribution in [0.1, 0.15) is 37.2 Å². The minimum atomic E-state index is 0.369. The third-order valence-electron chi connectivity index (χ3n) is 4.12. The van der Waals surface area contributed by atoms with Crippen LogP contribution in [0.25, 0.3) is 16.6 Å². The molecule has 1 saturated carbocycles. The maximum absolute atomic E-state index is 9.17. The van der Waals surface area contributed by atoms with Crippen molar-refractivity contribution in [2.45, 2.75) is 25.8 Å². The number of aromatic nitrogens is 2. The Balaban J connectivity index is 2.10. The van der Waals surface area contributed by atoms with E-state index in [1.54, 1.807) is 12.1 Å². The standard InChI is InChI=1S/C19H21N5O/c1-3-25-12(2)16(22)9-14(11-21)19-23-17-7-4-13(10-20)8-18(17)24(19)15-5-6-15/h4,7-9,11,15H,2-3,5-6,21-22H2,1H3/b14-11+,16-9-. The summed E-state index contributed by atoms with van der Waals surface area (Å²) in [7, 11) is 0. The van der Waals surface area contributed by atoms with Crippen molar-refractivity contribution in [1.29, 1.82) is 5.26 Å². The Morgan fingerprint density at radius 2 is 2.28 bits per heavy atom. The van der Waals surface area contributed by atoms with Crippen LogP contribution in [0.15, 0.2) is 48.5 Å². The smallest absolute Gasteiger partial charge is 0.142 e. The minimum Gasteiger partial charge on any atom is -0.492 e. The zero-order valence-electron chi connectivity index (χ0n) is 14.2. The summed E-state index contributed by atoms with van der Waals surface area (Å²) in [5.74, 6) is 1.14. The summed E-state index contributed by atoms with van der Waals surface area (Å²) >= 11 is 0. The number of hydrogen-bond acceptors (Lipinski definition) is 5. The third kappa shape index (κ3) is 3.22. The monoisotopic (exact) mass is 335 g/mol. The van der Waals surface area contributed by atoms with Gasteiger partial charge in [0.05, 0.1) is 35.0 Å². The fourth-order valence-corrected chi connectivity index (χ4v) is 2.76. The summed E-state index contributed by atoms with van der Waals surface area (Å²) in [6.07, 6.45) is 5.37. The predicted octanol–water partition coefficient (Wildman–Crippen LogP) is 2.94. The summed E-state index contributed by atoms with van der Waals surface area (Å²) in [6, 6.07) is 8.04. The summed E-state index contributed by atoms with van der Waals surface area (Å²) in [4.78, 5) is 4.71. The highest BCUT2D eigenvalue weighted by Gasteiger charge is 2.29. The molecule has 0 aliphatic heterocycles. The van der Waals surface area contributed by atoms with Crippen LogP contribution in [0.2, 0.25) is 0 Å². The van der Waals surface area contributed by atoms with E-state index in [0.717, 1.165) is 29.7 Å². The van der Waals surface area contributed by atoms with E-state index in [-0.39, 0.29) is 0 Å². The van der Waals surface area contributed by atoms with Gasteiger partial charge in [-0.1, -0.05) is 6.58 Å². The number of benzene rings is 1. The van der Waals surface area contributed by atoms with Crippen molar-refractivity contribution in [2.75, 3.05) is 6.61 Å². The van der Waals surface area contributed by atoms with E-state index >= 15 is 0 Å². The van der Waals surface area contributed by atoms with E-state index < -0.39 is 0 Å². The topological polar surface area (TPSA) is 103 Å². The average Bonchev–Trinajstić information content (AvgIpc) is 3.39. The van der Waals surface area contributed by atoms with E-state index in [0.29, 0.717) is 35.2 Å². The van der Waals surface area contributed by atoms with Gasteiger partial charge in [0.2, 0.25) is 0 Å². The molecule has 1 fully saturated rings. The lowest BCUT2D eigenvalue weighted by molar-refractivity contribution is 0.238. The molecule has 0 atom stereocenters. The van der Waals surface area contributed by atoms with E-state index in [1.807, 2.05) is 19.1 Å².